The van der Waals surface area contributed by atoms with Gasteiger partial charge in [-0.05, 0) is 37.0 Å². The van der Waals surface area contributed by atoms with E-state index in [9.17, 15) is 9.59 Å². The van der Waals surface area contributed by atoms with Crippen molar-refractivity contribution >= 4 is 17.6 Å². The van der Waals surface area contributed by atoms with E-state index < -0.39 is 5.97 Å². The Morgan fingerprint density at radius 1 is 1.33 bits per heavy atom. The third kappa shape index (κ3) is 2.70. The van der Waals surface area contributed by atoms with Crippen LogP contribution in [-0.2, 0) is 4.79 Å². The Morgan fingerprint density at radius 3 is 2.72 bits per heavy atom. The largest absolute Gasteiger partial charge is 0.478 e. The highest BCUT2D eigenvalue weighted by atomic mass is 16.4. The van der Waals surface area contributed by atoms with Crippen LogP contribution in [0.5, 0.6) is 0 Å². The second kappa shape index (κ2) is 5.21. The molecule has 18 heavy (non-hydrogen) atoms. The van der Waals surface area contributed by atoms with Gasteiger partial charge in [0.05, 0.1) is 5.56 Å². The van der Waals surface area contributed by atoms with Crippen LogP contribution in [0.4, 0.5) is 5.69 Å². The number of carboxylic acids is 1. The normalized spacial score (nSPS) is 22.7. The highest BCUT2D eigenvalue weighted by Crippen LogP contribution is 2.32. The molecule has 0 saturated heterocycles. The van der Waals surface area contributed by atoms with Crippen molar-refractivity contribution in [2.45, 2.75) is 26.2 Å². The fourth-order valence-electron chi connectivity index (χ4n) is 2.50. The van der Waals surface area contributed by atoms with Gasteiger partial charge in [0.15, 0.2) is 0 Å². The number of carboxylic acid groups (broad SMARTS) is 1. The third-order valence-electron chi connectivity index (χ3n) is 3.58. The Kier molecular flexibility index (Phi) is 3.65. The van der Waals surface area contributed by atoms with Gasteiger partial charge in [0.25, 0.3) is 0 Å². The van der Waals surface area contributed by atoms with Crippen molar-refractivity contribution in [3.63, 3.8) is 0 Å². The summed E-state index contributed by atoms with van der Waals surface area (Å²) in [6, 6.07) is 6.34. The number of nitrogens with one attached hydrogen (secondary N) is 1. The molecule has 0 radical (unpaired) electrons. The third-order valence-corrected chi connectivity index (χ3v) is 3.58. The average Bonchev–Trinajstić information content (AvgIpc) is 2.76. The lowest BCUT2D eigenvalue weighted by molar-refractivity contribution is -0.120. The fraction of sp³-hybridized carbons (Fsp3) is 0.429. The maximum absolute atomic E-state index is 12.0. The molecule has 2 rings (SSSR count). The van der Waals surface area contributed by atoms with Crippen LogP contribution < -0.4 is 5.32 Å². The van der Waals surface area contributed by atoms with Crippen molar-refractivity contribution in [3.05, 3.63) is 29.8 Å². The van der Waals surface area contributed by atoms with E-state index in [1.807, 2.05) is 0 Å². The number of anilines is 1. The number of aromatic carboxylic acids is 1. The molecule has 2 atom stereocenters. The zero-order chi connectivity index (χ0) is 13.1. The topological polar surface area (TPSA) is 66.4 Å². The molecule has 1 fully saturated rings. The molecule has 0 heterocycles. The van der Waals surface area contributed by atoms with Crippen molar-refractivity contribution in [1.82, 2.24) is 0 Å². The monoisotopic (exact) mass is 247 g/mol. The van der Waals surface area contributed by atoms with Gasteiger partial charge in [-0.2, -0.15) is 0 Å². The minimum Gasteiger partial charge on any atom is -0.478 e. The molecular formula is C14H17NO3. The van der Waals surface area contributed by atoms with Crippen LogP contribution in [0.15, 0.2) is 24.3 Å². The van der Waals surface area contributed by atoms with Crippen molar-refractivity contribution in [3.8, 4) is 0 Å². The predicted octanol–water partition coefficient (Wildman–Crippen LogP) is 2.76. The van der Waals surface area contributed by atoms with Crippen molar-refractivity contribution in [2.75, 3.05) is 5.32 Å². The van der Waals surface area contributed by atoms with Gasteiger partial charge < -0.3 is 10.4 Å². The molecule has 1 aliphatic rings. The van der Waals surface area contributed by atoms with Gasteiger partial charge in [-0.3, -0.25) is 4.79 Å². The molecule has 1 aromatic rings. The molecular weight excluding hydrogens is 230 g/mol. The Bertz CT molecular complexity index is 470. The summed E-state index contributed by atoms with van der Waals surface area (Å²) < 4.78 is 0. The van der Waals surface area contributed by atoms with Gasteiger partial charge in [-0.15, -0.1) is 0 Å². The molecule has 1 aromatic carbocycles. The Balaban J connectivity index is 2.07. The number of benzene rings is 1. The fourth-order valence-corrected chi connectivity index (χ4v) is 2.50. The molecule has 4 nitrogen and oxygen atoms in total. The maximum atomic E-state index is 12.0. The van der Waals surface area contributed by atoms with E-state index in [2.05, 4.69) is 12.2 Å². The van der Waals surface area contributed by atoms with Crippen LogP contribution in [0.25, 0.3) is 0 Å². The highest BCUT2D eigenvalue weighted by Gasteiger charge is 2.29. The highest BCUT2D eigenvalue weighted by molar-refractivity contribution is 5.95. The molecule has 0 bridgehead atoms. The second-order valence-electron chi connectivity index (χ2n) is 4.89. The van der Waals surface area contributed by atoms with Crippen molar-refractivity contribution in [1.29, 1.82) is 0 Å². The van der Waals surface area contributed by atoms with E-state index in [1.54, 1.807) is 12.1 Å². The van der Waals surface area contributed by atoms with Gasteiger partial charge in [0.1, 0.15) is 0 Å². The van der Waals surface area contributed by atoms with Gasteiger partial charge >= 0.3 is 5.97 Å². The predicted molar refractivity (Wildman–Crippen MR) is 68.5 cm³/mol. The summed E-state index contributed by atoms with van der Waals surface area (Å²) in [7, 11) is 0. The van der Waals surface area contributed by atoms with E-state index in [0.29, 0.717) is 11.6 Å². The molecule has 1 saturated carbocycles. The number of carbonyl (C=O) groups excluding carboxylic acids is 1. The Hall–Kier alpha value is -1.84. The molecule has 96 valence electrons. The number of amides is 1. The van der Waals surface area contributed by atoms with Gasteiger partial charge in [0, 0.05) is 11.6 Å². The Labute approximate surface area is 106 Å². The lowest BCUT2D eigenvalue weighted by Gasteiger charge is -2.15. The van der Waals surface area contributed by atoms with Crippen LogP contribution in [0.2, 0.25) is 0 Å². The minimum absolute atomic E-state index is 0.00235. The van der Waals surface area contributed by atoms with Crippen LogP contribution in [-0.4, -0.2) is 17.0 Å². The molecule has 0 aliphatic heterocycles. The number of hydrogen-bond donors (Lipinski definition) is 2. The quantitative estimate of drug-likeness (QED) is 0.863. The lowest BCUT2D eigenvalue weighted by Crippen LogP contribution is -2.24. The standard InChI is InChI=1S/C14H17NO3/c1-9-4-2-7-12(9)13(16)15-11-6-3-5-10(8-11)14(17)18/h3,5-6,8-9,12H,2,4,7H2,1H3,(H,15,16)(H,17,18). The number of hydrogen-bond acceptors (Lipinski definition) is 2. The molecule has 2 N–H and O–H groups in total. The number of carbonyl (C=O) groups is 2. The van der Waals surface area contributed by atoms with Crippen LogP contribution in [0.1, 0.15) is 36.5 Å². The first-order chi connectivity index (χ1) is 8.58. The summed E-state index contributed by atoms with van der Waals surface area (Å²) in [6.07, 6.45) is 3.10. The molecule has 1 aliphatic carbocycles. The van der Waals surface area contributed by atoms with Gasteiger partial charge in [0.2, 0.25) is 5.91 Å². The first-order valence-corrected chi connectivity index (χ1v) is 6.22. The summed E-state index contributed by atoms with van der Waals surface area (Å²) in [4.78, 5) is 22.9. The van der Waals surface area contributed by atoms with Gasteiger partial charge in [-0.25, -0.2) is 4.79 Å². The Morgan fingerprint density at radius 2 is 2.11 bits per heavy atom. The zero-order valence-corrected chi connectivity index (χ0v) is 10.3. The minimum atomic E-state index is -0.986. The molecule has 0 aromatic heterocycles. The summed E-state index contributed by atoms with van der Waals surface area (Å²) in [5, 5.41) is 11.7. The molecule has 1 amide bonds. The summed E-state index contributed by atoms with van der Waals surface area (Å²) in [5.74, 6) is -0.519. The van der Waals surface area contributed by atoms with E-state index in [4.69, 9.17) is 5.11 Å². The van der Waals surface area contributed by atoms with E-state index in [-0.39, 0.29) is 17.4 Å². The average molecular weight is 247 g/mol. The summed E-state index contributed by atoms with van der Waals surface area (Å²) in [5.41, 5.74) is 0.742. The van der Waals surface area contributed by atoms with E-state index in [1.165, 1.54) is 12.1 Å². The SMILES string of the molecule is CC1CCCC1C(=O)Nc1cccc(C(=O)O)c1. The van der Waals surface area contributed by atoms with Crippen LogP contribution in [0, 0.1) is 11.8 Å². The van der Waals surface area contributed by atoms with Crippen molar-refractivity contribution < 1.29 is 14.7 Å². The maximum Gasteiger partial charge on any atom is 0.335 e. The molecule has 0 spiro atoms. The number of rotatable bonds is 3. The van der Waals surface area contributed by atoms with Crippen LogP contribution >= 0.6 is 0 Å². The first kappa shape index (κ1) is 12.6. The molecule has 2 unspecified atom stereocenters. The molecule has 4 heteroatoms. The smallest absolute Gasteiger partial charge is 0.335 e. The first-order valence-electron chi connectivity index (χ1n) is 6.22. The van der Waals surface area contributed by atoms with E-state index >= 15 is 0 Å². The van der Waals surface area contributed by atoms with E-state index in [0.717, 1.165) is 19.3 Å². The second-order valence-corrected chi connectivity index (χ2v) is 4.89. The zero-order valence-electron chi connectivity index (χ0n) is 10.3. The summed E-state index contributed by atoms with van der Waals surface area (Å²) >= 11 is 0. The van der Waals surface area contributed by atoms with Crippen molar-refractivity contribution in [2.24, 2.45) is 11.8 Å². The lowest BCUT2D eigenvalue weighted by atomic mass is 9.97. The van der Waals surface area contributed by atoms with Gasteiger partial charge in [-0.1, -0.05) is 19.4 Å². The summed E-state index contributed by atoms with van der Waals surface area (Å²) in [6.45, 7) is 2.09. The van der Waals surface area contributed by atoms with Crippen LogP contribution in [0.3, 0.4) is 0 Å².